The molecule has 26 heavy (non-hydrogen) atoms. The first-order chi connectivity index (χ1) is 12.4. The minimum Gasteiger partial charge on any atom is -0.368 e. The van der Waals surface area contributed by atoms with Gasteiger partial charge in [0, 0.05) is 15.0 Å². The quantitative estimate of drug-likeness (QED) is 0.614. The van der Waals surface area contributed by atoms with E-state index < -0.39 is 28.2 Å². The molecule has 130 valence electrons. The van der Waals surface area contributed by atoms with Gasteiger partial charge < -0.3 is 5.73 Å². The Hall–Kier alpha value is -2.98. The van der Waals surface area contributed by atoms with Crippen molar-refractivity contribution in [1.29, 1.82) is 5.26 Å². The van der Waals surface area contributed by atoms with E-state index >= 15 is 0 Å². The maximum absolute atomic E-state index is 12.3. The smallest absolute Gasteiger partial charge is 0.247 e. The van der Waals surface area contributed by atoms with E-state index in [1.807, 2.05) is 6.07 Å². The number of amides is 1. The zero-order chi connectivity index (χ0) is 18.9. The number of carbonyl (C=O) groups is 1. The van der Waals surface area contributed by atoms with Crippen LogP contribution in [0.15, 0.2) is 65.1 Å². The van der Waals surface area contributed by atoms with Gasteiger partial charge in [-0.15, -0.1) is 0 Å². The number of carbonyl (C=O) groups excluding carboxylic acids is 1. The first kappa shape index (κ1) is 17.8. The van der Waals surface area contributed by atoms with Crippen molar-refractivity contribution in [1.82, 2.24) is 0 Å². The van der Waals surface area contributed by atoms with Crippen molar-refractivity contribution in [3.8, 4) is 6.07 Å². The van der Waals surface area contributed by atoms with Crippen LogP contribution in [0.1, 0.15) is 17.0 Å². The molecule has 6 nitrogen and oxygen atoms in total. The third-order valence-electron chi connectivity index (χ3n) is 4.66. The first-order valence-corrected chi connectivity index (χ1v) is 8.58. The van der Waals surface area contributed by atoms with Gasteiger partial charge in [0.15, 0.2) is 5.41 Å². The molecule has 1 aliphatic carbocycles. The zero-order valence-electron chi connectivity index (χ0n) is 13.5. The van der Waals surface area contributed by atoms with Crippen LogP contribution in [0, 0.1) is 26.9 Å². The lowest BCUT2D eigenvalue weighted by atomic mass is 9.73. The van der Waals surface area contributed by atoms with E-state index in [1.165, 1.54) is 6.08 Å². The highest BCUT2D eigenvalue weighted by atomic mass is 79.9. The Labute approximate surface area is 158 Å². The van der Waals surface area contributed by atoms with Crippen LogP contribution in [0.25, 0.3) is 5.57 Å². The third-order valence-corrected chi connectivity index (χ3v) is 5.19. The summed E-state index contributed by atoms with van der Waals surface area (Å²) in [5.74, 6) is -1.90. The van der Waals surface area contributed by atoms with Crippen molar-refractivity contribution in [3.63, 3.8) is 0 Å². The van der Waals surface area contributed by atoms with Crippen molar-refractivity contribution < 1.29 is 9.72 Å². The summed E-state index contributed by atoms with van der Waals surface area (Å²) in [6, 6.07) is 16.2. The van der Waals surface area contributed by atoms with E-state index in [-0.39, 0.29) is 0 Å². The van der Waals surface area contributed by atoms with E-state index in [1.54, 1.807) is 54.6 Å². The van der Waals surface area contributed by atoms with Crippen molar-refractivity contribution >= 4 is 27.4 Å². The fraction of sp³-hybridized carbons (Fsp3) is 0.158. The largest absolute Gasteiger partial charge is 0.368 e. The van der Waals surface area contributed by atoms with Crippen LogP contribution in [-0.4, -0.2) is 16.9 Å². The van der Waals surface area contributed by atoms with Gasteiger partial charge in [0.2, 0.25) is 11.9 Å². The Balaban J connectivity index is 2.26. The lowest BCUT2D eigenvalue weighted by molar-refractivity contribution is -0.510. The van der Waals surface area contributed by atoms with Crippen LogP contribution in [0.3, 0.4) is 0 Å². The third kappa shape index (κ3) is 2.78. The van der Waals surface area contributed by atoms with Gasteiger partial charge in [0.1, 0.15) is 0 Å². The van der Waals surface area contributed by atoms with Gasteiger partial charge in [-0.1, -0.05) is 58.4 Å². The molecule has 0 saturated heterocycles. The van der Waals surface area contributed by atoms with Crippen LogP contribution in [0.5, 0.6) is 0 Å². The van der Waals surface area contributed by atoms with Gasteiger partial charge in [-0.25, -0.2) is 0 Å². The average molecular weight is 412 g/mol. The molecule has 0 heterocycles. The summed E-state index contributed by atoms with van der Waals surface area (Å²) in [6.07, 6.45) is 1.36. The number of nitrogens with two attached hydrogens (primary N) is 1. The van der Waals surface area contributed by atoms with Gasteiger partial charge in [0.05, 0.1) is 12.0 Å². The van der Waals surface area contributed by atoms with Crippen LogP contribution < -0.4 is 5.73 Å². The van der Waals surface area contributed by atoms with Crippen molar-refractivity contribution in [2.75, 3.05) is 0 Å². The summed E-state index contributed by atoms with van der Waals surface area (Å²) >= 11 is 3.33. The molecule has 0 bridgehead atoms. The van der Waals surface area contributed by atoms with E-state index in [2.05, 4.69) is 15.9 Å². The lowest BCUT2D eigenvalue weighted by Crippen LogP contribution is -2.42. The van der Waals surface area contributed by atoms with Gasteiger partial charge >= 0.3 is 0 Å². The Kier molecular flexibility index (Phi) is 4.62. The molecule has 0 saturated carbocycles. The lowest BCUT2D eigenvalue weighted by Gasteiger charge is -2.26. The van der Waals surface area contributed by atoms with Gasteiger partial charge in [0.25, 0.3) is 0 Å². The fourth-order valence-corrected chi connectivity index (χ4v) is 3.73. The summed E-state index contributed by atoms with van der Waals surface area (Å²) in [4.78, 5) is 23.8. The summed E-state index contributed by atoms with van der Waals surface area (Å²) in [6.45, 7) is 0. The van der Waals surface area contributed by atoms with E-state index in [0.29, 0.717) is 16.7 Å². The molecule has 0 fully saturated rings. The SMILES string of the molecule is N#CC1(C(N)=O)C=C(c2ccc(Br)cc2)C([N+](=O)[O-])C1c1ccccc1. The highest BCUT2D eigenvalue weighted by molar-refractivity contribution is 9.10. The topological polar surface area (TPSA) is 110 Å². The van der Waals surface area contributed by atoms with Crippen LogP contribution in [0.2, 0.25) is 0 Å². The minimum absolute atomic E-state index is 0.316. The maximum atomic E-state index is 12.3. The standard InChI is InChI=1S/C19H14BrN3O3/c20-14-8-6-12(7-9-14)15-10-19(11-21,18(22)24)16(17(15)23(25)26)13-4-2-1-3-5-13/h1-10,16-17H,(H2,22,24). The molecular formula is C19H14BrN3O3. The summed E-state index contributed by atoms with van der Waals surface area (Å²) in [5.41, 5.74) is 5.19. The number of hydrogen-bond donors (Lipinski definition) is 1. The van der Waals surface area contributed by atoms with E-state index in [9.17, 15) is 20.2 Å². The summed E-state index contributed by atoms with van der Waals surface area (Å²) in [7, 11) is 0. The average Bonchev–Trinajstić information content (AvgIpc) is 3.00. The number of nitriles is 1. The molecule has 7 heteroatoms. The molecule has 0 radical (unpaired) electrons. The molecule has 2 aromatic carbocycles. The number of halogens is 1. The molecule has 1 amide bonds. The number of hydrogen-bond acceptors (Lipinski definition) is 4. The molecule has 3 unspecified atom stereocenters. The van der Waals surface area contributed by atoms with Gasteiger partial charge in [-0.05, 0) is 29.3 Å². The first-order valence-electron chi connectivity index (χ1n) is 7.79. The predicted molar refractivity (Wildman–Crippen MR) is 99.3 cm³/mol. The van der Waals surface area contributed by atoms with Crippen LogP contribution in [0.4, 0.5) is 0 Å². The van der Waals surface area contributed by atoms with Crippen LogP contribution >= 0.6 is 15.9 Å². The molecular weight excluding hydrogens is 398 g/mol. The Bertz CT molecular complexity index is 935. The second-order valence-corrected chi connectivity index (χ2v) is 6.99. The Morgan fingerprint density at radius 2 is 1.81 bits per heavy atom. The molecule has 0 aliphatic heterocycles. The molecule has 3 atom stereocenters. The zero-order valence-corrected chi connectivity index (χ0v) is 15.1. The Morgan fingerprint density at radius 1 is 1.19 bits per heavy atom. The monoisotopic (exact) mass is 411 g/mol. The van der Waals surface area contributed by atoms with Crippen LogP contribution in [-0.2, 0) is 4.79 Å². The maximum Gasteiger partial charge on any atom is 0.247 e. The second-order valence-electron chi connectivity index (χ2n) is 6.07. The normalized spacial score (nSPS) is 24.5. The second kappa shape index (κ2) is 6.73. The van der Waals surface area contributed by atoms with Crippen molar-refractivity contribution in [2.45, 2.75) is 12.0 Å². The molecule has 1 aliphatic rings. The Morgan fingerprint density at radius 3 is 2.31 bits per heavy atom. The minimum atomic E-state index is -1.79. The molecule has 2 N–H and O–H groups in total. The van der Waals surface area contributed by atoms with Crippen molar-refractivity contribution in [3.05, 3.63) is 86.4 Å². The van der Waals surface area contributed by atoms with Gasteiger partial charge in [-0.3, -0.25) is 14.9 Å². The van der Waals surface area contributed by atoms with E-state index in [4.69, 9.17) is 5.73 Å². The highest BCUT2D eigenvalue weighted by Gasteiger charge is 2.59. The molecule has 0 aromatic heterocycles. The van der Waals surface area contributed by atoms with Gasteiger partial charge in [-0.2, -0.15) is 5.26 Å². The molecule has 2 aromatic rings. The summed E-state index contributed by atoms with van der Waals surface area (Å²) < 4.78 is 0.818. The number of nitrogens with zero attached hydrogens (tertiary/aromatic N) is 2. The van der Waals surface area contributed by atoms with Crippen molar-refractivity contribution in [2.24, 2.45) is 11.1 Å². The summed E-state index contributed by atoms with van der Waals surface area (Å²) in [5, 5.41) is 21.8. The fourth-order valence-electron chi connectivity index (χ4n) is 3.47. The molecule has 3 rings (SSSR count). The number of benzene rings is 2. The number of rotatable bonds is 4. The van der Waals surface area contributed by atoms with E-state index in [0.717, 1.165) is 4.47 Å². The highest BCUT2D eigenvalue weighted by Crippen LogP contribution is 2.51. The molecule has 0 spiro atoms. The number of primary amides is 1. The number of nitro groups is 1. The predicted octanol–water partition coefficient (Wildman–Crippen LogP) is 3.27.